The summed E-state index contributed by atoms with van der Waals surface area (Å²) < 4.78 is 0. The molecule has 3 aromatic rings. The number of amides is 1. The Bertz CT molecular complexity index is 1000. The van der Waals surface area contributed by atoms with Gasteiger partial charge in [0, 0.05) is 16.1 Å². The lowest BCUT2D eigenvalue weighted by molar-refractivity contribution is -0.119. The molecule has 2 unspecified atom stereocenters. The van der Waals surface area contributed by atoms with Gasteiger partial charge in [0.15, 0.2) is 6.04 Å². The van der Waals surface area contributed by atoms with Crippen molar-refractivity contribution in [3.8, 4) is 0 Å². The smallest absolute Gasteiger partial charge is 0.252 e. The minimum absolute atomic E-state index is 0.360. The van der Waals surface area contributed by atoms with Gasteiger partial charge in [-0.15, -0.1) is 0 Å². The second-order valence-electron chi connectivity index (χ2n) is 6.32. The molecule has 0 fully saturated rings. The first-order valence-electron chi connectivity index (χ1n) is 8.60. The van der Waals surface area contributed by atoms with Crippen molar-refractivity contribution in [1.29, 1.82) is 0 Å². The zero-order chi connectivity index (χ0) is 18.8. The number of hydrogen-bond acceptors (Lipinski definition) is 3. The number of rotatable bonds is 3. The number of carbonyl (C=O) groups is 1. The van der Waals surface area contributed by atoms with Crippen molar-refractivity contribution in [2.24, 2.45) is 4.99 Å². The normalized spacial score (nSPS) is 17.3. The molecule has 0 bridgehead atoms. The van der Waals surface area contributed by atoms with Crippen molar-refractivity contribution in [3.63, 3.8) is 0 Å². The summed E-state index contributed by atoms with van der Waals surface area (Å²) >= 11 is 6.20. The summed E-state index contributed by atoms with van der Waals surface area (Å²) in [7, 11) is 0. The van der Waals surface area contributed by atoms with E-state index in [-0.39, 0.29) is 5.91 Å². The standard InChI is InChI=1S/C22H17ClN2O2/c23-16-11-12-18-17(13-16)19(14-7-3-1-4-8-14)25-20(22(27)24-18)21(26)15-9-5-2-6-10-15/h1-13,20-21,26H,(H,24,27). The average molecular weight is 377 g/mol. The summed E-state index contributed by atoms with van der Waals surface area (Å²) in [6, 6.07) is 22.9. The highest BCUT2D eigenvalue weighted by molar-refractivity contribution is 6.32. The Morgan fingerprint density at radius 3 is 2.33 bits per heavy atom. The van der Waals surface area contributed by atoms with Crippen molar-refractivity contribution >= 4 is 28.9 Å². The predicted octanol–water partition coefficient (Wildman–Crippen LogP) is 4.23. The molecule has 1 aliphatic rings. The van der Waals surface area contributed by atoms with Crippen LogP contribution in [0.1, 0.15) is 22.8 Å². The maximum atomic E-state index is 12.8. The van der Waals surface area contributed by atoms with Crippen molar-refractivity contribution in [2.75, 3.05) is 5.32 Å². The van der Waals surface area contributed by atoms with E-state index in [1.165, 1.54) is 0 Å². The van der Waals surface area contributed by atoms with Gasteiger partial charge in [0.05, 0.1) is 11.4 Å². The van der Waals surface area contributed by atoms with Crippen LogP contribution in [0.5, 0.6) is 0 Å². The van der Waals surface area contributed by atoms with Gasteiger partial charge in [-0.2, -0.15) is 0 Å². The average Bonchev–Trinajstić information content (AvgIpc) is 2.85. The second kappa shape index (κ2) is 7.35. The van der Waals surface area contributed by atoms with E-state index in [0.29, 0.717) is 22.0 Å². The number of nitrogens with zero attached hydrogens (tertiary/aromatic N) is 1. The van der Waals surface area contributed by atoms with Crippen LogP contribution in [0.4, 0.5) is 5.69 Å². The second-order valence-corrected chi connectivity index (χ2v) is 6.76. The predicted molar refractivity (Wildman–Crippen MR) is 107 cm³/mol. The molecule has 3 aromatic carbocycles. The van der Waals surface area contributed by atoms with Crippen molar-refractivity contribution in [1.82, 2.24) is 0 Å². The van der Waals surface area contributed by atoms with Crippen molar-refractivity contribution in [2.45, 2.75) is 12.1 Å². The van der Waals surface area contributed by atoms with Crippen LogP contribution in [0.25, 0.3) is 0 Å². The third kappa shape index (κ3) is 3.50. The van der Waals surface area contributed by atoms with E-state index >= 15 is 0 Å². The molecular weight excluding hydrogens is 360 g/mol. The Kier molecular flexibility index (Phi) is 4.75. The number of carbonyl (C=O) groups excluding carboxylic acids is 1. The maximum absolute atomic E-state index is 12.8. The zero-order valence-corrected chi connectivity index (χ0v) is 15.1. The van der Waals surface area contributed by atoms with Gasteiger partial charge in [-0.05, 0) is 23.8 Å². The van der Waals surface area contributed by atoms with Gasteiger partial charge < -0.3 is 10.4 Å². The minimum atomic E-state index is -1.06. The highest BCUT2D eigenvalue weighted by atomic mass is 35.5. The van der Waals surface area contributed by atoms with Crippen molar-refractivity contribution in [3.05, 3.63) is 101 Å². The van der Waals surface area contributed by atoms with Gasteiger partial charge in [0.25, 0.3) is 5.91 Å². The molecule has 0 saturated heterocycles. The largest absolute Gasteiger partial charge is 0.386 e. The summed E-state index contributed by atoms with van der Waals surface area (Å²) in [5, 5.41) is 14.3. The molecule has 0 radical (unpaired) electrons. The first-order valence-corrected chi connectivity index (χ1v) is 8.98. The number of aliphatic imine (C=N–C) groups is 1. The van der Waals surface area contributed by atoms with Crippen LogP contribution in [-0.4, -0.2) is 22.8 Å². The summed E-state index contributed by atoms with van der Waals surface area (Å²) in [4.78, 5) is 17.5. The Balaban J connectivity index is 1.87. The third-order valence-corrected chi connectivity index (χ3v) is 4.75. The van der Waals surface area contributed by atoms with Gasteiger partial charge in [-0.3, -0.25) is 9.79 Å². The number of aliphatic hydroxyl groups is 1. The highest BCUT2D eigenvalue weighted by Gasteiger charge is 2.32. The van der Waals surface area contributed by atoms with E-state index in [2.05, 4.69) is 10.3 Å². The molecular formula is C22H17ClN2O2. The van der Waals surface area contributed by atoms with Crippen LogP contribution in [0.2, 0.25) is 5.02 Å². The number of hydrogen-bond donors (Lipinski definition) is 2. The number of aliphatic hydroxyl groups excluding tert-OH is 1. The molecule has 4 rings (SSSR count). The van der Waals surface area contributed by atoms with E-state index in [9.17, 15) is 9.90 Å². The molecule has 0 aliphatic carbocycles. The molecule has 2 N–H and O–H groups in total. The lowest BCUT2D eigenvalue weighted by Gasteiger charge is -2.18. The number of halogens is 1. The Morgan fingerprint density at radius 2 is 1.63 bits per heavy atom. The first-order chi connectivity index (χ1) is 13.1. The summed E-state index contributed by atoms with van der Waals surface area (Å²) in [6.45, 7) is 0. The number of nitrogens with one attached hydrogen (secondary N) is 1. The molecule has 27 heavy (non-hydrogen) atoms. The van der Waals surface area contributed by atoms with Gasteiger partial charge in [-0.1, -0.05) is 72.3 Å². The molecule has 5 heteroatoms. The fraction of sp³-hybridized carbons (Fsp3) is 0.0909. The molecule has 1 aliphatic heterocycles. The van der Waals surface area contributed by atoms with Crippen LogP contribution in [0, 0.1) is 0 Å². The van der Waals surface area contributed by atoms with Gasteiger partial charge in [-0.25, -0.2) is 0 Å². The van der Waals surface area contributed by atoms with E-state index in [1.54, 1.807) is 30.3 Å². The summed E-state index contributed by atoms with van der Waals surface area (Å²) in [5.74, 6) is -0.360. The molecule has 134 valence electrons. The Hall–Kier alpha value is -2.95. The fourth-order valence-electron chi connectivity index (χ4n) is 3.17. The fourth-order valence-corrected chi connectivity index (χ4v) is 3.34. The molecule has 0 spiro atoms. The summed E-state index contributed by atoms with van der Waals surface area (Å²) in [6.07, 6.45) is -1.06. The summed E-state index contributed by atoms with van der Waals surface area (Å²) in [5.41, 5.74) is 3.45. The topological polar surface area (TPSA) is 61.7 Å². The van der Waals surface area contributed by atoms with Gasteiger partial charge in [0.2, 0.25) is 0 Å². The quantitative estimate of drug-likeness (QED) is 0.718. The molecule has 0 aromatic heterocycles. The van der Waals surface area contributed by atoms with Crippen LogP contribution < -0.4 is 5.32 Å². The number of fused-ring (bicyclic) bond motifs is 1. The SMILES string of the molecule is O=C1Nc2ccc(Cl)cc2C(c2ccccc2)=NC1C(O)c1ccccc1. The maximum Gasteiger partial charge on any atom is 0.252 e. The van der Waals surface area contributed by atoms with Crippen molar-refractivity contribution < 1.29 is 9.90 Å². The van der Waals surface area contributed by atoms with Crippen LogP contribution >= 0.6 is 11.6 Å². The molecule has 2 atom stereocenters. The molecule has 0 saturated carbocycles. The number of benzodiazepines with no additional fused rings is 1. The lowest BCUT2D eigenvalue weighted by atomic mass is 10.00. The van der Waals surface area contributed by atoms with Crippen LogP contribution in [-0.2, 0) is 4.79 Å². The van der Waals surface area contributed by atoms with E-state index in [1.807, 2.05) is 48.5 Å². The number of benzene rings is 3. The molecule has 1 heterocycles. The number of anilines is 1. The van der Waals surface area contributed by atoms with E-state index < -0.39 is 12.1 Å². The van der Waals surface area contributed by atoms with Crippen LogP contribution in [0.15, 0.2) is 83.9 Å². The van der Waals surface area contributed by atoms with Gasteiger partial charge >= 0.3 is 0 Å². The van der Waals surface area contributed by atoms with Gasteiger partial charge in [0.1, 0.15) is 6.10 Å². The van der Waals surface area contributed by atoms with Crippen LogP contribution in [0.3, 0.4) is 0 Å². The third-order valence-electron chi connectivity index (χ3n) is 4.52. The molecule has 4 nitrogen and oxygen atoms in total. The molecule has 1 amide bonds. The zero-order valence-electron chi connectivity index (χ0n) is 14.3. The van der Waals surface area contributed by atoms with E-state index in [0.717, 1.165) is 11.1 Å². The Labute approximate surface area is 162 Å². The highest BCUT2D eigenvalue weighted by Crippen LogP contribution is 2.30. The minimum Gasteiger partial charge on any atom is -0.386 e. The lowest BCUT2D eigenvalue weighted by Crippen LogP contribution is -2.31. The first kappa shape index (κ1) is 17.5. The monoisotopic (exact) mass is 376 g/mol. The Morgan fingerprint density at radius 1 is 0.963 bits per heavy atom. The van der Waals surface area contributed by atoms with E-state index in [4.69, 9.17) is 11.6 Å².